The molecule has 0 unspecified atom stereocenters. The molecule has 1 N–H and O–H groups in total. The summed E-state index contributed by atoms with van der Waals surface area (Å²) in [5.41, 5.74) is 3.50. The summed E-state index contributed by atoms with van der Waals surface area (Å²) in [5.74, 6) is 0.692. The molecule has 2 aromatic carbocycles. The van der Waals surface area contributed by atoms with Gasteiger partial charge in [-0.15, -0.1) is 0 Å². The molecule has 2 aliphatic rings. The van der Waals surface area contributed by atoms with E-state index in [0.29, 0.717) is 42.2 Å². The molecule has 2 saturated heterocycles. The van der Waals surface area contributed by atoms with Gasteiger partial charge in [-0.1, -0.05) is 12.1 Å². The summed E-state index contributed by atoms with van der Waals surface area (Å²) in [6, 6.07) is 14.6. The Morgan fingerprint density at radius 2 is 1.75 bits per heavy atom. The normalized spacial score (nSPS) is 20.5. The number of nitriles is 1. The third kappa shape index (κ3) is 3.85. The van der Waals surface area contributed by atoms with Crippen LogP contribution in [0.25, 0.3) is 17.1 Å². The standard InChI is InChI=1S/C24H22N6O2/c25-12-17-3-1-16(2-4-17)5-8-23(31)30-13-19-9-10-29(14-20(19)15-30)24(32)18-6-7-21-22(11-18)27-28-26-21/h1-8,11,19-20H,9-10,13-15H2,(H,26,27,28)/t19-,20-/m0/s1. The number of hydrogen-bond acceptors (Lipinski definition) is 5. The van der Waals surface area contributed by atoms with Crippen molar-refractivity contribution in [3.8, 4) is 6.07 Å². The average Bonchev–Trinajstić information content (AvgIpc) is 3.48. The molecule has 5 rings (SSSR count). The number of nitrogens with zero attached hydrogens (tertiary/aromatic N) is 5. The van der Waals surface area contributed by atoms with Crippen molar-refractivity contribution in [2.75, 3.05) is 26.2 Å². The Bertz CT molecular complexity index is 1240. The van der Waals surface area contributed by atoms with Gasteiger partial charge in [-0.05, 0) is 60.2 Å². The maximum Gasteiger partial charge on any atom is 0.253 e. The van der Waals surface area contributed by atoms with Crippen LogP contribution in [0.3, 0.4) is 0 Å². The number of carbonyl (C=O) groups is 2. The van der Waals surface area contributed by atoms with Gasteiger partial charge in [0.15, 0.2) is 0 Å². The largest absolute Gasteiger partial charge is 0.339 e. The average molecular weight is 426 g/mol. The fourth-order valence-corrected chi connectivity index (χ4v) is 4.63. The Hall–Kier alpha value is -3.99. The van der Waals surface area contributed by atoms with E-state index in [1.54, 1.807) is 42.5 Å². The molecule has 0 bridgehead atoms. The third-order valence-corrected chi connectivity index (χ3v) is 6.42. The van der Waals surface area contributed by atoms with Crippen LogP contribution in [0.15, 0.2) is 48.5 Å². The van der Waals surface area contributed by atoms with E-state index in [1.807, 2.05) is 21.9 Å². The molecule has 8 nitrogen and oxygen atoms in total. The fourth-order valence-electron chi connectivity index (χ4n) is 4.63. The van der Waals surface area contributed by atoms with Gasteiger partial charge in [0.2, 0.25) is 5.91 Å². The molecule has 2 fully saturated rings. The highest BCUT2D eigenvalue weighted by atomic mass is 16.2. The number of aromatic nitrogens is 3. The molecule has 1 aromatic heterocycles. The highest BCUT2D eigenvalue weighted by molar-refractivity contribution is 5.97. The molecule has 160 valence electrons. The van der Waals surface area contributed by atoms with Gasteiger partial charge in [0.1, 0.15) is 11.0 Å². The van der Waals surface area contributed by atoms with E-state index in [1.165, 1.54) is 0 Å². The first kappa shape index (κ1) is 19.9. The summed E-state index contributed by atoms with van der Waals surface area (Å²) < 4.78 is 0. The van der Waals surface area contributed by atoms with E-state index >= 15 is 0 Å². The number of hydrogen-bond donors (Lipinski definition) is 1. The SMILES string of the molecule is N#Cc1ccc(C=CC(=O)N2C[C@@H]3CN(C(=O)c4ccc5n[nH]nc5c4)CC[C@H]3C2)cc1. The van der Waals surface area contributed by atoms with Crippen molar-refractivity contribution in [1.82, 2.24) is 25.2 Å². The molecule has 2 amide bonds. The number of amides is 2. The number of fused-ring (bicyclic) bond motifs is 2. The van der Waals surface area contributed by atoms with E-state index in [-0.39, 0.29) is 17.7 Å². The summed E-state index contributed by atoms with van der Waals surface area (Å²) >= 11 is 0. The number of piperidine rings is 1. The summed E-state index contributed by atoms with van der Waals surface area (Å²) in [5, 5.41) is 19.5. The summed E-state index contributed by atoms with van der Waals surface area (Å²) in [6.07, 6.45) is 4.27. The Kier molecular flexibility index (Phi) is 5.15. The lowest BCUT2D eigenvalue weighted by Crippen LogP contribution is -2.43. The smallest absolute Gasteiger partial charge is 0.253 e. The quantitative estimate of drug-likeness (QED) is 0.648. The predicted molar refractivity (Wildman–Crippen MR) is 118 cm³/mol. The molecule has 3 heterocycles. The zero-order valence-electron chi connectivity index (χ0n) is 17.4. The van der Waals surface area contributed by atoms with Crippen LogP contribution >= 0.6 is 0 Å². The van der Waals surface area contributed by atoms with Gasteiger partial charge in [0.05, 0.1) is 11.6 Å². The van der Waals surface area contributed by atoms with E-state index in [9.17, 15) is 9.59 Å². The number of rotatable bonds is 3. The highest BCUT2D eigenvalue weighted by Crippen LogP contribution is 2.32. The molecule has 0 spiro atoms. The molecule has 0 radical (unpaired) electrons. The molecule has 2 atom stereocenters. The van der Waals surface area contributed by atoms with Crippen LogP contribution < -0.4 is 0 Å². The molecular weight excluding hydrogens is 404 g/mol. The molecular formula is C24H22N6O2. The predicted octanol–water partition coefficient (Wildman–Crippen LogP) is 2.46. The second kappa shape index (κ2) is 8.27. The Morgan fingerprint density at radius 3 is 2.56 bits per heavy atom. The Labute approximate surface area is 185 Å². The zero-order valence-corrected chi connectivity index (χ0v) is 17.4. The highest BCUT2D eigenvalue weighted by Gasteiger charge is 2.39. The first-order chi connectivity index (χ1) is 15.6. The lowest BCUT2D eigenvalue weighted by Gasteiger charge is -2.34. The minimum atomic E-state index is -0.0156. The van der Waals surface area contributed by atoms with Crippen LogP contribution in [-0.2, 0) is 4.79 Å². The van der Waals surface area contributed by atoms with Gasteiger partial charge < -0.3 is 9.80 Å². The number of likely N-dealkylation sites (tertiary alicyclic amines) is 2. The Balaban J connectivity index is 1.21. The van der Waals surface area contributed by atoms with Crippen molar-refractivity contribution in [1.29, 1.82) is 5.26 Å². The van der Waals surface area contributed by atoms with Gasteiger partial charge in [0.25, 0.3) is 5.91 Å². The number of aromatic amines is 1. The number of H-pyrrole nitrogens is 1. The van der Waals surface area contributed by atoms with Crippen molar-refractivity contribution in [3.05, 3.63) is 65.2 Å². The first-order valence-corrected chi connectivity index (χ1v) is 10.7. The van der Waals surface area contributed by atoms with Gasteiger partial charge in [-0.25, -0.2) is 0 Å². The number of nitrogens with one attached hydrogen (secondary N) is 1. The summed E-state index contributed by atoms with van der Waals surface area (Å²) in [7, 11) is 0. The van der Waals surface area contributed by atoms with E-state index in [4.69, 9.17) is 5.26 Å². The second-order valence-electron chi connectivity index (χ2n) is 8.40. The Morgan fingerprint density at radius 1 is 1.00 bits per heavy atom. The van der Waals surface area contributed by atoms with Crippen LogP contribution in [0.1, 0.15) is 27.9 Å². The zero-order chi connectivity index (χ0) is 22.1. The van der Waals surface area contributed by atoms with Gasteiger partial charge in [-0.2, -0.15) is 20.7 Å². The van der Waals surface area contributed by atoms with Gasteiger partial charge in [-0.3, -0.25) is 9.59 Å². The number of benzene rings is 2. The molecule has 0 aliphatic carbocycles. The molecule has 32 heavy (non-hydrogen) atoms. The maximum absolute atomic E-state index is 13.0. The van der Waals surface area contributed by atoms with E-state index < -0.39 is 0 Å². The van der Waals surface area contributed by atoms with Crippen molar-refractivity contribution in [2.24, 2.45) is 11.8 Å². The first-order valence-electron chi connectivity index (χ1n) is 10.7. The molecule has 2 aliphatic heterocycles. The van der Waals surface area contributed by atoms with E-state index in [0.717, 1.165) is 24.0 Å². The van der Waals surface area contributed by atoms with Crippen molar-refractivity contribution in [3.63, 3.8) is 0 Å². The maximum atomic E-state index is 13.0. The van der Waals surface area contributed by atoms with Gasteiger partial charge >= 0.3 is 0 Å². The van der Waals surface area contributed by atoms with Crippen LogP contribution in [0.5, 0.6) is 0 Å². The third-order valence-electron chi connectivity index (χ3n) is 6.42. The minimum Gasteiger partial charge on any atom is -0.339 e. The molecule has 8 heteroatoms. The van der Waals surface area contributed by atoms with Crippen molar-refractivity contribution < 1.29 is 9.59 Å². The molecule has 0 saturated carbocycles. The topological polar surface area (TPSA) is 106 Å². The van der Waals surface area contributed by atoms with Crippen LogP contribution in [-0.4, -0.2) is 63.2 Å². The van der Waals surface area contributed by atoms with Crippen molar-refractivity contribution in [2.45, 2.75) is 6.42 Å². The van der Waals surface area contributed by atoms with Crippen LogP contribution in [0.2, 0.25) is 0 Å². The lowest BCUT2D eigenvalue weighted by molar-refractivity contribution is -0.125. The molecule has 3 aromatic rings. The van der Waals surface area contributed by atoms with Gasteiger partial charge in [0, 0.05) is 37.8 Å². The fraction of sp³-hybridized carbons (Fsp3) is 0.292. The number of carbonyl (C=O) groups excluding carboxylic acids is 2. The second-order valence-corrected chi connectivity index (χ2v) is 8.40. The summed E-state index contributed by atoms with van der Waals surface area (Å²) in [4.78, 5) is 29.5. The monoisotopic (exact) mass is 426 g/mol. The van der Waals surface area contributed by atoms with E-state index in [2.05, 4.69) is 21.5 Å². The summed E-state index contributed by atoms with van der Waals surface area (Å²) in [6.45, 7) is 2.74. The van der Waals surface area contributed by atoms with Crippen LogP contribution in [0.4, 0.5) is 0 Å². The van der Waals surface area contributed by atoms with Crippen molar-refractivity contribution >= 4 is 28.9 Å². The lowest BCUT2D eigenvalue weighted by atomic mass is 9.88. The minimum absolute atomic E-state index is 0.00108. The van der Waals surface area contributed by atoms with Crippen LogP contribution in [0, 0.1) is 23.2 Å².